The van der Waals surface area contributed by atoms with E-state index in [9.17, 15) is 14.4 Å². The molecule has 0 aliphatic carbocycles. The fraction of sp³-hybridized carbons (Fsp3) is 0.478. The van der Waals surface area contributed by atoms with Crippen LogP contribution in [-0.4, -0.2) is 76.1 Å². The van der Waals surface area contributed by atoms with Gasteiger partial charge in [-0.05, 0) is 38.4 Å². The van der Waals surface area contributed by atoms with Crippen LogP contribution in [-0.2, 0) is 17.9 Å². The Balaban J connectivity index is 1.42. The Hall–Kier alpha value is -3.20. The number of carbonyl (C=O) groups excluding carboxylic acids is 3. The van der Waals surface area contributed by atoms with Crippen LogP contribution in [0.3, 0.4) is 0 Å². The van der Waals surface area contributed by atoms with E-state index in [2.05, 4.69) is 20.6 Å². The minimum absolute atomic E-state index is 0.173. The monoisotopic (exact) mass is 438 g/mol. The first-order valence-corrected chi connectivity index (χ1v) is 11.1. The minimum Gasteiger partial charge on any atom is -0.350 e. The number of nitrogens with one attached hydrogen (secondary N) is 2. The molecule has 0 spiro atoms. The maximum atomic E-state index is 13.0. The highest BCUT2D eigenvalue weighted by atomic mass is 16.2. The van der Waals surface area contributed by atoms with Crippen LogP contribution in [0.25, 0.3) is 0 Å². The number of hydrogen-bond acceptors (Lipinski definition) is 5. The van der Waals surface area contributed by atoms with Gasteiger partial charge >= 0.3 is 0 Å². The van der Waals surface area contributed by atoms with Crippen LogP contribution >= 0.6 is 0 Å². The molecular formula is C23H30N6O3. The molecule has 4 rings (SSSR count). The average Bonchev–Trinajstić information content (AvgIpc) is 3.46. The van der Waals surface area contributed by atoms with Gasteiger partial charge in [-0.15, -0.1) is 0 Å². The van der Waals surface area contributed by atoms with Gasteiger partial charge < -0.3 is 20.4 Å². The van der Waals surface area contributed by atoms with Gasteiger partial charge in [0.2, 0.25) is 5.91 Å². The van der Waals surface area contributed by atoms with Crippen LogP contribution in [0.5, 0.6) is 0 Å². The van der Waals surface area contributed by atoms with Crippen molar-refractivity contribution >= 4 is 17.7 Å². The molecule has 1 unspecified atom stereocenters. The molecule has 0 bridgehead atoms. The molecule has 1 fully saturated rings. The second kappa shape index (κ2) is 9.12. The van der Waals surface area contributed by atoms with Gasteiger partial charge in [0.05, 0.1) is 6.54 Å². The molecule has 1 aromatic heterocycles. The number of benzene rings is 1. The number of hydrogen-bond donors (Lipinski definition) is 2. The highest BCUT2D eigenvalue weighted by Gasteiger charge is 2.46. The Labute approximate surface area is 187 Å². The molecule has 3 amide bonds. The normalized spacial score (nSPS) is 20.8. The summed E-state index contributed by atoms with van der Waals surface area (Å²) in [5, 5.41) is 10.1. The van der Waals surface area contributed by atoms with Gasteiger partial charge in [-0.25, -0.2) is 0 Å². The smallest absolute Gasteiger partial charge is 0.272 e. The number of rotatable bonds is 7. The van der Waals surface area contributed by atoms with Crippen molar-refractivity contribution in [3.05, 3.63) is 53.3 Å². The summed E-state index contributed by atoms with van der Waals surface area (Å²) >= 11 is 0. The molecule has 0 radical (unpaired) electrons. The summed E-state index contributed by atoms with van der Waals surface area (Å²) in [6.45, 7) is 5.74. The number of fused-ring (bicyclic) bond motifs is 1. The third kappa shape index (κ3) is 4.38. The number of likely N-dealkylation sites (N-methyl/N-ethyl adjacent to an activating group) is 1. The predicted molar refractivity (Wildman–Crippen MR) is 119 cm³/mol. The Morgan fingerprint density at radius 1 is 1.12 bits per heavy atom. The van der Waals surface area contributed by atoms with E-state index in [1.54, 1.807) is 14.0 Å². The molecule has 3 heterocycles. The van der Waals surface area contributed by atoms with Crippen LogP contribution in [0, 0.1) is 0 Å². The molecule has 9 heteroatoms. The zero-order valence-corrected chi connectivity index (χ0v) is 18.6. The van der Waals surface area contributed by atoms with Crippen LogP contribution < -0.4 is 10.6 Å². The highest BCUT2D eigenvalue weighted by molar-refractivity contribution is 6.01. The molecular weight excluding hydrogens is 408 g/mol. The fourth-order valence-corrected chi connectivity index (χ4v) is 4.23. The first-order valence-electron chi connectivity index (χ1n) is 11.1. The standard InChI is InChI=1S/C23H30N6O3/c1-23(22(32)25-15-17-8-4-3-5-9-17)16-29-19(21(31)27(23)2)14-18(26-29)20(30)24-10-13-28-11-6-7-12-28/h3-5,8-9,14H,6-7,10-13,15-16H2,1-2H3,(H,24,30)(H,25,32). The molecule has 1 saturated heterocycles. The zero-order chi connectivity index (χ0) is 22.7. The van der Waals surface area contributed by atoms with Crippen LogP contribution in [0.2, 0.25) is 0 Å². The van der Waals surface area contributed by atoms with Crippen LogP contribution in [0.15, 0.2) is 36.4 Å². The number of likely N-dealkylation sites (tertiary alicyclic amines) is 1. The van der Waals surface area contributed by atoms with Gasteiger partial charge in [-0.2, -0.15) is 5.10 Å². The number of carbonyl (C=O) groups is 3. The van der Waals surface area contributed by atoms with Crippen molar-refractivity contribution in [3.63, 3.8) is 0 Å². The second-order valence-corrected chi connectivity index (χ2v) is 8.68. The van der Waals surface area contributed by atoms with Gasteiger partial charge in [-0.1, -0.05) is 30.3 Å². The van der Waals surface area contributed by atoms with E-state index in [-0.39, 0.29) is 30.0 Å². The van der Waals surface area contributed by atoms with E-state index in [0.29, 0.717) is 18.8 Å². The summed E-state index contributed by atoms with van der Waals surface area (Å²) in [6.07, 6.45) is 2.41. The maximum Gasteiger partial charge on any atom is 0.272 e. The van der Waals surface area contributed by atoms with Crippen molar-refractivity contribution in [2.75, 3.05) is 33.2 Å². The van der Waals surface area contributed by atoms with E-state index in [1.165, 1.54) is 28.5 Å². The van der Waals surface area contributed by atoms with E-state index in [0.717, 1.165) is 25.2 Å². The van der Waals surface area contributed by atoms with Crippen LogP contribution in [0.1, 0.15) is 46.3 Å². The summed E-state index contributed by atoms with van der Waals surface area (Å²) in [7, 11) is 1.61. The van der Waals surface area contributed by atoms with E-state index >= 15 is 0 Å². The summed E-state index contributed by atoms with van der Waals surface area (Å²) in [6, 6.07) is 11.1. The lowest BCUT2D eigenvalue weighted by molar-refractivity contribution is -0.132. The van der Waals surface area contributed by atoms with Crippen molar-refractivity contribution < 1.29 is 14.4 Å². The van der Waals surface area contributed by atoms with E-state index < -0.39 is 5.54 Å². The third-order valence-corrected chi connectivity index (χ3v) is 6.43. The lowest BCUT2D eigenvalue weighted by atomic mass is 9.96. The summed E-state index contributed by atoms with van der Waals surface area (Å²) in [5.74, 6) is -0.913. The Kier molecular flexibility index (Phi) is 6.27. The minimum atomic E-state index is -1.12. The van der Waals surface area contributed by atoms with Crippen molar-refractivity contribution in [3.8, 4) is 0 Å². The van der Waals surface area contributed by atoms with Gasteiger partial charge in [0.15, 0.2) is 5.69 Å². The van der Waals surface area contributed by atoms with E-state index in [1.807, 2.05) is 30.3 Å². The maximum absolute atomic E-state index is 13.0. The summed E-state index contributed by atoms with van der Waals surface area (Å²) in [5.41, 5.74) is 0.360. The predicted octanol–water partition coefficient (Wildman–Crippen LogP) is 0.869. The highest BCUT2D eigenvalue weighted by Crippen LogP contribution is 2.26. The Bertz CT molecular complexity index is 998. The van der Waals surface area contributed by atoms with Gasteiger partial charge in [-0.3, -0.25) is 19.1 Å². The zero-order valence-electron chi connectivity index (χ0n) is 18.6. The lowest BCUT2D eigenvalue weighted by Crippen LogP contribution is -2.62. The Morgan fingerprint density at radius 2 is 1.84 bits per heavy atom. The van der Waals surface area contributed by atoms with Crippen molar-refractivity contribution in [2.24, 2.45) is 0 Å². The van der Waals surface area contributed by atoms with Gasteiger partial charge in [0, 0.05) is 32.7 Å². The summed E-state index contributed by atoms with van der Waals surface area (Å²) in [4.78, 5) is 42.3. The molecule has 9 nitrogen and oxygen atoms in total. The topological polar surface area (TPSA) is 99.6 Å². The summed E-state index contributed by atoms with van der Waals surface area (Å²) < 4.78 is 1.47. The first-order chi connectivity index (χ1) is 15.4. The van der Waals surface area contributed by atoms with Crippen molar-refractivity contribution in [1.29, 1.82) is 0 Å². The first kappa shape index (κ1) is 22.0. The van der Waals surface area contributed by atoms with E-state index in [4.69, 9.17) is 0 Å². The van der Waals surface area contributed by atoms with Gasteiger partial charge in [0.1, 0.15) is 11.2 Å². The van der Waals surface area contributed by atoms with Crippen molar-refractivity contribution in [2.45, 2.75) is 38.4 Å². The number of aromatic nitrogens is 2. The van der Waals surface area contributed by atoms with Crippen molar-refractivity contribution in [1.82, 2.24) is 30.2 Å². The molecule has 2 aliphatic heterocycles. The molecule has 1 atom stereocenters. The average molecular weight is 439 g/mol. The number of amides is 3. The van der Waals surface area contributed by atoms with Crippen LogP contribution in [0.4, 0.5) is 0 Å². The quantitative estimate of drug-likeness (QED) is 0.668. The molecule has 1 aromatic carbocycles. The molecule has 170 valence electrons. The Morgan fingerprint density at radius 3 is 2.56 bits per heavy atom. The fourth-order valence-electron chi connectivity index (χ4n) is 4.23. The molecule has 2 aromatic rings. The molecule has 2 N–H and O–H groups in total. The lowest BCUT2D eigenvalue weighted by Gasteiger charge is -2.40. The third-order valence-electron chi connectivity index (χ3n) is 6.43. The number of nitrogens with zero attached hydrogens (tertiary/aromatic N) is 4. The molecule has 0 saturated carbocycles. The largest absolute Gasteiger partial charge is 0.350 e. The molecule has 2 aliphatic rings. The second-order valence-electron chi connectivity index (χ2n) is 8.68. The molecule has 32 heavy (non-hydrogen) atoms. The SMILES string of the molecule is CN1C(=O)c2cc(C(=O)NCCN3CCCC3)nn2CC1(C)C(=O)NCc1ccccc1. The van der Waals surface area contributed by atoms with Gasteiger partial charge in [0.25, 0.3) is 11.8 Å².